The van der Waals surface area contributed by atoms with Crippen LogP contribution in [0.2, 0.25) is 18.1 Å². The standard InChI is InChI=1S/C17H29F3O4SSi/c1-15(2,3)26(4,5)24-14-9-8-13(12-16(14)10-6-7-11-16)23-25(21,22)17(18,19)20/h12,14H,6-11H2,1-5H3. The van der Waals surface area contributed by atoms with Gasteiger partial charge < -0.3 is 8.61 Å². The summed E-state index contributed by atoms with van der Waals surface area (Å²) in [6.07, 6.45) is 5.59. The summed E-state index contributed by atoms with van der Waals surface area (Å²) in [4.78, 5) is 0. The summed E-state index contributed by atoms with van der Waals surface area (Å²) in [6.45, 7) is 10.7. The van der Waals surface area contributed by atoms with Crippen LogP contribution in [-0.2, 0) is 18.7 Å². The van der Waals surface area contributed by atoms with E-state index in [2.05, 4.69) is 38.0 Å². The van der Waals surface area contributed by atoms with Crippen LogP contribution < -0.4 is 0 Å². The maximum absolute atomic E-state index is 12.6. The fourth-order valence-corrected chi connectivity index (χ4v) is 5.43. The highest BCUT2D eigenvalue weighted by Crippen LogP contribution is 2.51. The molecule has 1 saturated carbocycles. The van der Waals surface area contributed by atoms with Gasteiger partial charge in [-0.25, -0.2) is 0 Å². The molecular weight excluding hydrogens is 385 g/mol. The fourth-order valence-electron chi connectivity index (χ4n) is 3.51. The molecule has 1 unspecified atom stereocenters. The molecule has 152 valence electrons. The van der Waals surface area contributed by atoms with Crippen molar-refractivity contribution < 1.29 is 30.2 Å². The van der Waals surface area contributed by atoms with Crippen LogP contribution in [-0.4, -0.2) is 28.3 Å². The SMILES string of the molecule is CC(C)(C)[Si](C)(C)OC1CCC(OS(=O)(=O)C(F)(F)F)=CC12CCCC2. The average Bonchev–Trinajstić information content (AvgIpc) is 2.88. The lowest BCUT2D eigenvalue weighted by molar-refractivity contribution is -0.0529. The van der Waals surface area contributed by atoms with Crippen molar-refractivity contribution in [2.75, 3.05) is 0 Å². The summed E-state index contributed by atoms with van der Waals surface area (Å²) in [5.41, 5.74) is -5.84. The van der Waals surface area contributed by atoms with E-state index < -0.39 is 29.4 Å². The van der Waals surface area contributed by atoms with Gasteiger partial charge in [-0.05, 0) is 43.5 Å². The highest BCUT2D eigenvalue weighted by Gasteiger charge is 2.51. The summed E-state index contributed by atoms with van der Waals surface area (Å²) >= 11 is 0. The summed E-state index contributed by atoms with van der Waals surface area (Å²) in [5, 5.41) is 0.0207. The van der Waals surface area contributed by atoms with Crippen LogP contribution >= 0.6 is 0 Å². The zero-order chi connectivity index (χ0) is 20.0. The third kappa shape index (κ3) is 4.30. The number of rotatable bonds is 4. The molecule has 26 heavy (non-hydrogen) atoms. The molecule has 0 N–H and O–H groups in total. The van der Waals surface area contributed by atoms with Crippen molar-refractivity contribution in [1.29, 1.82) is 0 Å². The molecule has 1 spiro atoms. The third-order valence-corrected chi connectivity index (χ3v) is 11.5. The lowest BCUT2D eigenvalue weighted by atomic mass is 9.74. The van der Waals surface area contributed by atoms with Crippen LogP contribution in [0.5, 0.6) is 0 Å². The minimum Gasteiger partial charge on any atom is -0.413 e. The molecule has 0 heterocycles. The Bertz CT molecular complexity index is 656. The molecule has 0 aliphatic heterocycles. The van der Waals surface area contributed by atoms with Crippen molar-refractivity contribution in [3.63, 3.8) is 0 Å². The van der Waals surface area contributed by atoms with Gasteiger partial charge in [0.25, 0.3) is 0 Å². The molecule has 4 nitrogen and oxygen atoms in total. The Kier molecular flexibility index (Phi) is 5.70. The van der Waals surface area contributed by atoms with E-state index in [1.165, 1.54) is 0 Å². The Labute approximate surface area is 155 Å². The molecule has 0 aromatic heterocycles. The molecule has 0 aromatic rings. The monoisotopic (exact) mass is 414 g/mol. The minimum absolute atomic E-state index is 0.0207. The van der Waals surface area contributed by atoms with Gasteiger partial charge in [-0.1, -0.05) is 33.6 Å². The van der Waals surface area contributed by atoms with Crippen molar-refractivity contribution in [3.8, 4) is 0 Å². The Hall–Kier alpha value is -0.543. The molecule has 2 aliphatic carbocycles. The number of halogens is 3. The highest BCUT2D eigenvalue weighted by molar-refractivity contribution is 7.87. The second-order valence-electron chi connectivity index (χ2n) is 8.94. The maximum atomic E-state index is 12.6. The van der Waals surface area contributed by atoms with E-state index in [-0.39, 0.29) is 23.3 Å². The van der Waals surface area contributed by atoms with E-state index >= 15 is 0 Å². The molecule has 0 aromatic carbocycles. The molecule has 9 heteroatoms. The zero-order valence-corrected chi connectivity index (χ0v) is 17.9. The van der Waals surface area contributed by atoms with Gasteiger partial charge in [-0.2, -0.15) is 21.6 Å². The van der Waals surface area contributed by atoms with Gasteiger partial charge in [0.15, 0.2) is 8.32 Å². The number of alkyl halides is 3. The van der Waals surface area contributed by atoms with Crippen LogP contribution in [0.3, 0.4) is 0 Å². The van der Waals surface area contributed by atoms with Crippen LogP contribution in [0.4, 0.5) is 13.2 Å². The van der Waals surface area contributed by atoms with Gasteiger partial charge in [0.1, 0.15) is 5.76 Å². The van der Waals surface area contributed by atoms with Gasteiger partial charge in [0.05, 0.1) is 6.10 Å². The van der Waals surface area contributed by atoms with E-state index in [0.29, 0.717) is 6.42 Å². The predicted molar refractivity (Wildman–Crippen MR) is 96.3 cm³/mol. The van der Waals surface area contributed by atoms with Crippen molar-refractivity contribution in [2.24, 2.45) is 5.41 Å². The molecular formula is C17H29F3O4SSi. The summed E-state index contributed by atoms with van der Waals surface area (Å²) in [5.74, 6) is -0.0979. The Morgan fingerprint density at radius 2 is 1.69 bits per heavy atom. The Morgan fingerprint density at radius 3 is 2.15 bits per heavy atom. The normalized spacial score (nSPS) is 24.6. The fraction of sp³-hybridized carbons (Fsp3) is 0.882. The summed E-state index contributed by atoms with van der Waals surface area (Å²) in [6, 6.07) is 0. The van der Waals surface area contributed by atoms with Gasteiger partial charge >= 0.3 is 15.6 Å². The Balaban J connectivity index is 2.28. The molecule has 0 radical (unpaired) electrons. The molecule has 2 rings (SSSR count). The third-order valence-electron chi connectivity index (χ3n) is 6.02. The first-order valence-corrected chi connectivity index (χ1v) is 13.3. The van der Waals surface area contributed by atoms with Gasteiger partial charge in [0.2, 0.25) is 0 Å². The minimum atomic E-state index is -5.62. The van der Waals surface area contributed by atoms with E-state index in [9.17, 15) is 21.6 Å². The maximum Gasteiger partial charge on any atom is 0.534 e. The molecule has 0 saturated heterocycles. The second kappa shape index (κ2) is 6.81. The first kappa shape index (κ1) is 21.8. The van der Waals surface area contributed by atoms with Crippen LogP contribution in [0.25, 0.3) is 0 Å². The first-order valence-electron chi connectivity index (χ1n) is 9.00. The second-order valence-corrected chi connectivity index (χ2v) is 15.2. The number of hydrogen-bond donors (Lipinski definition) is 0. The molecule has 1 atom stereocenters. The molecule has 0 bridgehead atoms. The number of allylic oxidation sites excluding steroid dienone is 1. The molecule has 0 amide bonds. The van der Waals surface area contributed by atoms with Crippen LogP contribution in [0, 0.1) is 5.41 Å². The van der Waals surface area contributed by atoms with E-state index in [1.54, 1.807) is 6.08 Å². The van der Waals surface area contributed by atoms with Crippen molar-refractivity contribution >= 4 is 18.4 Å². The quantitative estimate of drug-likeness (QED) is 0.347. The first-order chi connectivity index (χ1) is 11.6. The van der Waals surface area contributed by atoms with E-state index in [1.807, 2.05) is 0 Å². The van der Waals surface area contributed by atoms with Crippen LogP contribution in [0.1, 0.15) is 59.3 Å². The van der Waals surface area contributed by atoms with Crippen molar-refractivity contribution in [1.82, 2.24) is 0 Å². The van der Waals surface area contributed by atoms with Gasteiger partial charge in [-0.15, -0.1) is 0 Å². The topological polar surface area (TPSA) is 52.6 Å². The number of hydrogen-bond acceptors (Lipinski definition) is 4. The van der Waals surface area contributed by atoms with Crippen molar-refractivity contribution in [2.45, 2.75) is 89.0 Å². The highest BCUT2D eigenvalue weighted by atomic mass is 32.2. The van der Waals surface area contributed by atoms with Gasteiger partial charge in [0, 0.05) is 11.8 Å². The van der Waals surface area contributed by atoms with Crippen LogP contribution in [0.15, 0.2) is 11.8 Å². The van der Waals surface area contributed by atoms with E-state index in [4.69, 9.17) is 4.43 Å². The lowest BCUT2D eigenvalue weighted by Gasteiger charge is -2.46. The average molecular weight is 415 g/mol. The lowest BCUT2D eigenvalue weighted by Crippen LogP contribution is -2.49. The smallest absolute Gasteiger partial charge is 0.413 e. The van der Waals surface area contributed by atoms with E-state index in [0.717, 1.165) is 25.7 Å². The van der Waals surface area contributed by atoms with Gasteiger partial charge in [-0.3, -0.25) is 0 Å². The summed E-state index contributed by atoms with van der Waals surface area (Å²) < 4.78 is 71.6. The van der Waals surface area contributed by atoms with Crippen molar-refractivity contribution in [3.05, 3.63) is 11.8 Å². The summed E-state index contributed by atoms with van der Waals surface area (Å²) in [7, 11) is -7.67. The Morgan fingerprint density at radius 1 is 1.15 bits per heavy atom. The predicted octanol–water partition coefficient (Wildman–Crippen LogP) is 5.48. The zero-order valence-electron chi connectivity index (χ0n) is 16.1. The molecule has 2 aliphatic rings. The molecule has 1 fully saturated rings. The largest absolute Gasteiger partial charge is 0.534 e.